The molecule has 1 saturated heterocycles. The summed E-state index contributed by atoms with van der Waals surface area (Å²) in [5, 5.41) is 3.19. The Kier molecular flexibility index (Phi) is 5.90. The van der Waals surface area contributed by atoms with E-state index in [0.717, 1.165) is 3.57 Å². The lowest BCUT2D eigenvalue weighted by atomic mass is 10.2. The van der Waals surface area contributed by atoms with E-state index in [9.17, 15) is 18.0 Å². The lowest BCUT2D eigenvalue weighted by Gasteiger charge is -2.29. The van der Waals surface area contributed by atoms with Crippen molar-refractivity contribution in [1.82, 2.24) is 10.2 Å². The standard InChI is InChI=1S/C14H16ClIN2O4S/c1-9(14(20)18-4-6-23(21,22)7-5-18)17-13(19)10-2-3-11(15)12(16)8-10/h2-3,8-9H,4-7H2,1H3,(H,17,19). The lowest BCUT2D eigenvalue weighted by molar-refractivity contribution is -0.132. The van der Waals surface area contributed by atoms with E-state index in [-0.39, 0.29) is 36.4 Å². The molecule has 1 aromatic carbocycles. The fourth-order valence-corrected chi connectivity index (χ4v) is 4.02. The van der Waals surface area contributed by atoms with Crippen LogP contribution < -0.4 is 5.32 Å². The average Bonchev–Trinajstić information content (AvgIpc) is 2.49. The molecule has 2 rings (SSSR count). The molecule has 1 aromatic rings. The van der Waals surface area contributed by atoms with Gasteiger partial charge < -0.3 is 10.2 Å². The minimum absolute atomic E-state index is 0.0330. The third-order valence-corrected chi connectivity index (χ3v) is 6.71. The van der Waals surface area contributed by atoms with Crippen molar-refractivity contribution in [3.05, 3.63) is 32.4 Å². The highest BCUT2D eigenvalue weighted by Crippen LogP contribution is 2.19. The zero-order valence-electron chi connectivity index (χ0n) is 12.4. The fourth-order valence-electron chi connectivity index (χ4n) is 2.19. The van der Waals surface area contributed by atoms with Crippen LogP contribution in [0.15, 0.2) is 18.2 Å². The summed E-state index contributed by atoms with van der Waals surface area (Å²) in [5.41, 5.74) is 0.416. The molecular formula is C14H16ClIN2O4S. The van der Waals surface area contributed by atoms with Gasteiger partial charge in [0.25, 0.3) is 5.91 Å². The van der Waals surface area contributed by atoms with Crippen molar-refractivity contribution in [2.75, 3.05) is 24.6 Å². The molecular weight excluding hydrogens is 455 g/mol. The van der Waals surface area contributed by atoms with E-state index in [1.807, 2.05) is 22.6 Å². The van der Waals surface area contributed by atoms with E-state index in [0.29, 0.717) is 10.6 Å². The van der Waals surface area contributed by atoms with Gasteiger partial charge in [-0.3, -0.25) is 9.59 Å². The minimum Gasteiger partial charge on any atom is -0.341 e. The van der Waals surface area contributed by atoms with Crippen molar-refractivity contribution in [2.24, 2.45) is 0 Å². The first-order chi connectivity index (χ1) is 10.7. The van der Waals surface area contributed by atoms with E-state index >= 15 is 0 Å². The molecule has 23 heavy (non-hydrogen) atoms. The second-order valence-electron chi connectivity index (χ2n) is 5.30. The number of nitrogens with zero attached hydrogens (tertiary/aromatic N) is 1. The van der Waals surface area contributed by atoms with Crippen LogP contribution in [-0.4, -0.2) is 55.8 Å². The first-order valence-electron chi connectivity index (χ1n) is 6.95. The molecule has 1 aliphatic heterocycles. The van der Waals surface area contributed by atoms with Gasteiger partial charge in [0.15, 0.2) is 9.84 Å². The maximum Gasteiger partial charge on any atom is 0.251 e. The number of hydrogen-bond donors (Lipinski definition) is 1. The van der Waals surface area contributed by atoms with Crippen LogP contribution >= 0.6 is 34.2 Å². The first-order valence-corrected chi connectivity index (χ1v) is 10.2. The SMILES string of the molecule is CC(NC(=O)c1ccc(Cl)c(I)c1)C(=O)N1CCS(=O)(=O)CC1. The Bertz CT molecular complexity index is 724. The Morgan fingerprint density at radius 3 is 2.48 bits per heavy atom. The zero-order valence-corrected chi connectivity index (χ0v) is 16.1. The molecule has 2 amide bonds. The summed E-state index contributed by atoms with van der Waals surface area (Å²) < 4.78 is 23.5. The normalized spacial score (nSPS) is 18.3. The molecule has 0 spiro atoms. The number of rotatable bonds is 3. The Balaban J connectivity index is 1.98. The molecule has 1 fully saturated rings. The van der Waals surface area contributed by atoms with E-state index < -0.39 is 15.9 Å². The molecule has 1 heterocycles. The topological polar surface area (TPSA) is 83.6 Å². The number of nitrogens with one attached hydrogen (secondary N) is 1. The molecule has 1 N–H and O–H groups in total. The molecule has 6 nitrogen and oxygen atoms in total. The van der Waals surface area contributed by atoms with Crippen molar-refractivity contribution >= 4 is 55.8 Å². The Hall–Kier alpha value is -0.870. The van der Waals surface area contributed by atoms with Crippen LogP contribution in [0.3, 0.4) is 0 Å². The Morgan fingerprint density at radius 1 is 1.30 bits per heavy atom. The summed E-state index contributed by atoms with van der Waals surface area (Å²) in [6, 6.07) is 4.13. The van der Waals surface area contributed by atoms with Crippen LogP contribution in [0, 0.1) is 3.57 Å². The van der Waals surface area contributed by atoms with Crippen molar-refractivity contribution in [3.63, 3.8) is 0 Å². The summed E-state index contributed by atoms with van der Waals surface area (Å²) in [6.45, 7) is 1.92. The average molecular weight is 471 g/mol. The molecule has 1 atom stereocenters. The Labute approximate surface area is 153 Å². The quantitative estimate of drug-likeness (QED) is 0.676. The van der Waals surface area contributed by atoms with E-state index in [2.05, 4.69) is 5.32 Å². The molecule has 0 aliphatic carbocycles. The van der Waals surface area contributed by atoms with E-state index in [1.54, 1.807) is 25.1 Å². The van der Waals surface area contributed by atoms with Crippen LogP contribution in [-0.2, 0) is 14.6 Å². The van der Waals surface area contributed by atoms with Crippen molar-refractivity contribution < 1.29 is 18.0 Å². The van der Waals surface area contributed by atoms with Gasteiger partial charge in [-0.2, -0.15) is 0 Å². The van der Waals surface area contributed by atoms with Gasteiger partial charge in [0.2, 0.25) is 5.91 Å². The third-order valence-electron chi connectivity index (χ3n) is 3.56. The third kappa shape index (κ3) is 4.80. The van der Waals surface area contributed by atoms with Gasteiger partial charge in [0.05, 0.1) is 16.5 Å². The number of carbonyl (C=O) groups excluding carboxylic acids is 2. The number of sulfone groups is 1. The summed E-state index contributed by atoms with van der Waals surface area (Å²) >= 11 is 7.94. The van der Waals surface area contributed by atoms with Crippen LogP contribution in [0.4, 0.5) is 0 Å². The predicted octanol–water partition coefficient (Wildman–Crippen LogP) is 1.32. The first kappa shape index (κ1) is 18.5. The smallest absolute Gasteiger partial charge is 0.251 e. The fraction of sp³-hybridized carbons (Fsp3) is 0.429. The second-order valence-corrected chi connectivity index (χ2v) is 9.17. The second kappa shape index (κ2) is 7.35. The molecule has 9 heteroatoms. The number of carbonyl (C=O) groups is 2. The summed E-state index contributed by atoms with van der Waals surface area (Å²) in [7, 11) is -3.04. The highest BCUT2D eigenvalue weighted by atomic mass is 127. The van der Waals surface area contributed by atoms with Gasteiger partial charge in [-0.05, 0) is 47.7 Å². The maximum atomic E-state index is 12.3. The molecule has 126 valence electrons. The highest BCUT2D eigenvalue weighted by Gasteiger charge is 2.28. The van der Waals surface area contributed by atoms with E-state index in [4.69, 9.17) is 11.6 Å². The molecule has 0 radical (unpaired) electrons. The highest BCUT2D eigenvalue weighted by molar-refractivity contribution is 14.1. The van der Waals surface area contributed by atoms with Crippen LogP contribution in [0.5, 0.6) is 0 Å². The van der Waals surface area contributed by atoms with Crippen LogP contribution in [0.1, 0.15) is 17.3 Å². The maximum absolute atomic E-state index is 12.3. The summed E-state index contributed by atoms with van der Waals surface area (Å²) in [4.78, 5) is 25.9. The van der Waals surface area contributed by atoms with Crippen molar-refractivity contribution in [3.8, 4) is 0 Å². The molecule has 0 bridgehead atoms. The van der Waals surface area contributed by atoms with E-state index in [1.165, 1.54) is 4.90 Å². The number of halogens is 2. The van der Waals surface area contributed by atoms with Crippen LogP contribution in [0.25, 0.3) is 0 Å². The minimum atomic E-state index is -3.04. The monoisotopic (exact) mass is 470 g/mol. The van der Waals surface area contributed by atoms with Gasteiger partial charge in [-0.1, -0.05) is 11.6 Å². The van der Waals surface area contributed by atoms with Gasteiger partial charge in [0.1, 0.15) is 6.04 Å². The summed E-state index contributed by atoms with van der Waals surface area (Å²) in [6.07, 6.45) is 0. The van der Waals surface area contributed by atoms with Gasteiger partial charge >= 0.3 is 0 Å². The van der Waals surface area contributed by atoms with Gasteiger partial charge in [-0.15, -0.1) is 0 Å². The zero-order chi connectivity index (χ0) is 17.2. The molecule has 0 saturated carbocycles. The lowest BCUT2D eigenvalue weighted by Crippen LogP contribution is -2.51. The molecule has 0 aromatic heterocycles. The molecule has 1 aliphatic rings. The Morgan fingerprint density at radius 2 is 1.91 bits per heavy atom. The van der Waals surface area contributed by atoms with Gasteiger partial charge in [0, 0.05) is 22.2 Å². The van der Waals surface area contributed by atoms with Crippen molar-refractivity contribution in [1.29, 1.82) is 0 Å². The molecule has 1 unspecified atom stereocenters. The van der Waals surface area contributed by atoms with Crippen LogP contribution in [0.2, 0.25) is 5.02 Å². The number of hydrogen-bond acceptors (Lipinski definition) is 4. The number of benzene rings is 1. The summed E-state index contributed by atoms with van der Waals surface area (Å²) in [5.74, 6) is -0.717. The number of amides is 2. The van der Waals surface area contributed by atoms with Gasteiger partial charge in [-0.25, -0.2) is 8.42 Å². The van der Waals surface area contributed by atoms with Crippen molar-refractivity contribution in [2.45, 2.75) is 13.0 Å². The predicted molar refractivity (Wildman–Crippen MR) is 96.3 cm³/mol. The largest absolute Gasteiger partial charge is 0.341 e.